The Morgan fingerprint density at radius 2 is 2.26 bits per heavy atom. The van der Waals surface area contributed by atoms with Crippen LogP contribution in [0.2, 0.25) is 0 Å². The minimum absolute atomic E-state index is 0.131. The average molecular weight is 264 g/mol. The normalized spacial score (nSPS) is 23.4. The number of rotatable bonds is 3. The summed E-state index contributed by atoms with van der Waals surface area (Å²) in [7, 11) is 0. The smallest absolute Gasteiger partial charge is 0.272 e. The third-order valence-corrected chi connectivity index (χ3v) is 3.83. The Bertz CT molecular complexity index is 490. The summed E-state index contributed by atoms with van der Waals surface area (Å²) in [6, 6.07) is 5.30. The number of nitrogens with zero attached hydrogens (tertiary/aromatic N) is 2. The fraction of sp³-hybridized carbons (Fsp3) is 0.571. The Labute approximate surface area is 113 Å². The molecule has 0 N–H and O–H groups in total. The summed E-state index contributed by atoms with van der Waals surface area (Å²) in [5.74, 6) is 0. The monoisotopic (exact) mass is 264 g/mol. The molecule has 1 fully saturated rings. The molecule has 0 saturated carbocycles. The first-order chi connectivity index (χ1) is 8.95. The van der Waals surface area contributed by atoms with Gasteiger partial charge in [0.15, 0.2) is 0 Å². The third kappa shape index (κ3) is 2.87. The summed E-state index contributed by atoms with van der Waals surface area (Å²) in [6.45, 7) is 8.34. The van der Waals surface area contributed by atoms with Crippen LogP contribution in [-0.4, -0.2) is 30.2 Å². The molecular weight excluding hydrogens is 244 g/mol. The van der Waals surface area contributed by atoms with Gasteiger partial charge in [-0.1, -0.05) is 6.92 Å². The molecule has 19 heavy (non-hydrogen) atoms. The van der Waals surface area contributed by atoms with E-state index in [0.29, 0.717) is 12.2 Å². The van der Waals surface area contributed by atoms with Crippen molar-refractivity contribution < 1.29 is 9.66 Å². The fourth-order valence-corrected chi connectivity index (χ4v) is 2.41. The number of ether oxygens (including phenoxy) is 1. The lowest BCUT2D eigenvalue weighted by atomic mass is 10.0. The summed E-state index contributed by atoms with van der Waals surface area (Å²) in [5.41, 5.74) is 1.78. The van der Waals surface area contributed by atoms with Crippen LogP contribution < -0.4 is 4.90 Å². The molecule has 0 aliphatic carbocycles. The second-order valence-electron chi connectivity index (χ2n) is 5.30. The molecule has 1 heterocycles. The van der Waals surface area contributed by atoms with Gasteiger partial charge in [-0.25, -0.2) is 0 Å². The fourth-order valence-electron chi connectivity index (χ4n) is 2.41. The zero-order chi connectivity index (χ0) is 14.0. The highest BCUT2D eigenvalue weighted by Gasteiger charge is 2.30. The quantitative estimate of drug-likeness (QED) is 0.622. The predicted octanol–water partition coefficient (Wildman–Crippen LogP) is 2.91. The maximum absolute atomic E-state index is 10.8. The lowest BCUT2D eigenvalue weighted by Crippen LogP contribution is -2.49. The van der Waals surface area contributed by atoms with Crippen LogP contribution in [0.3, 0.4) is 0 Å². The largest absolute Gasteiger partial charge is 0.372 e. The van der Waals surface area contributed by atoms with E-state index in [1.165, 1.54) is 0 Å². The molecule has 2 rings (SSSR count). The zero-order valence-corrected chi connectivity index (χ0v) is 11.7. The first-order valence-corrected chi connectivity index (χ1v) is 6.59. The average Bonchev–Trinajstić information content (AvgIpc) is 2.38. The molecule has 1 aliphatic heterocycles. The second kappa shape index (κ2) is 5.17. The Hall–Kier alpha value is -1.62. The van der Waals surface area contributed by atoms with E-state index in [2.05, 4.69) is 18.7 Å². The van der Waals surface area contributed by atoms with Crippen LogP contribution in [0.4, 0.5) is 11.4 Å². The first kappa shape index (κ1) is 13.8. The van der Waals surface area contributed by atoms with Crippen molar-refractivity contribution >= 4 is 11.4 Å². The van der Waals surface area contributed by atoms with Crippen LogP contribution >= 0.6 is 0 Å². The molecule has 1 saturated heterocycles. The van der Waals surface area contributed by atoms with Gasteiger partial charge in [0.25, 0.3) is 5.69 Å². The first-order valence-electron chi connectivity index (χ1n) is 6.59. The lowest BCUT2D eigenvalue weighted by molar-refractivity contribution is -0.385. The molecule has 1 aliphatic rings. The standard InChI is InChI=1S/C14H20N2O3/c1-4-14(3)10-15(7-8-19-14)12-5-6-13(16(17)18)11(2)9-12/h5-6,9H,4,7-8,10H2,1-3H3. The van der Waals surface area contributed by atoms with Crippen molar-refractivity contribution in [2.75, 3.05) is 24.6 Å². The molecular formula is C14H20N2O3. The number of nitro benzene ring substituents is 1. The van der Waals surface area contributed by atoms with Gasteiger partial charge in [-0.3, -0.25) is 10.1 Å². The Kier molecular flexibility index (Phi) is 3.75. The molecule has 1 aromatic carbocycles. The van der Waals surface area contributed by atoms with Crippen molar-refractivity contribution in [2.45, 2.75) is 32.8 Å². The summed E-state index contributed by atoms with van der Waals surface area (Å²) in [5, 5.41) is 10.8. The van der Waals surface area contributed by atoms with E-state index in [1.54, 1.807) is 13.0 Å². The van der Waals surface area contributed by atoms with Gasteiger partial charge in [0.2, 0.25) is 0 Å². The highest BCUT2D eigenvalue weighted by Crippen LogP contribution is 2.29. The molecule has 0 aromatic heterocycles. The van der Waals surface area contributed by atoms with Gasteiger partial charge >= 0.3 is 0 Å². The highest BCUT2D eigenvalue weighted by molar-refractivity contribution is 5.55. The lowest BCUT2D eigenvalue weighted by Gasteiger charge is -2.41. The van der Waals surface area contributed by atoms with Gasteiger partial charge in [0, 0.05) is 30.4 Å². The molecule has 104 valence electrons. The van der Waals surface area contributed by atoms with Crippen LogP contribution in [0.25, 0.3) is 0 Å². The van der Waals surface area contributed by atoms with Crippen LogP contribution in [0.1, 0.15) is 25.8 Å². The van der Waals surface area contributed by atoms with Gasteiger partial charge in [-0.05, 0) is 32.4 Å². The van der Waals surface area contributed by atoms with Crippen LogP contribution in [-0.2, 0) is 4.74 Å². The number of hydrogen-bond donors (Lipinski definition) is 0. The van der Waals surface area contributed by atoms with Crippen LogP contribution in [0, 0.1) is 17.0 Å². The number of benzene rings is 1. The second-order valence-corrected chi connectivity index (χ2v) is 5.30. The summed E-state index contributed by atoms with van der Waals surface area (Å²) in [4.78, 5) is 12.7. The van der Waals surface area contributed by atoms with E-state index in [1.807, 2.05) is 12.1 Å². The molecule has 0 amide bonds. The maximum Gasteiger partial charge on any atom is 0.272 e. The van der Waals surface area contributed by atoms with Crippen molar-refractivity contribution in [1.82, 2.24) is 0 Å². The van der Waals surface area contributed by atoms with E-state index in [9.17, 15) is 10.1 Å². The van der Waals surface area contributed by atoms with Crippen molar-refractivity contribution in [1.29, 1.82) is 0 Å². The van der Waals surface area contributed by atoms with E-state index < -0.39 is 0 Å². The Morgan fingerprint density at radius 3 is 2.84 bits per heavy atom. The maximum atomic E-state index is 10.8. The Morgan fingerprint density at radius 1 is 1.53 bits per heavy atom. The molecule has 1 aromatic rings. The number of morpholine rings is 1. The topological polar surface area (TPSA) is 55.6 Å². The highest BCUT2D eigenvalue weighted by atomic mass is 16.6. The van der Waals surface area contributed by atoms with E-state index in [0.717, 1.165) is 25.2 Å². The van der Waals surface area contributed by atoms with E-state index in [4.69, 9.17) is 4.74 Å². The number of anilines is 1. The van der Waals surface area contributed by atoms with Gasteiger partial charge in [0.1, 0.15) is 0 Å². The van der Waals surface area contributed by atoms with Crippen LogP contribution in [0.15, 0.2) is 18.2 Å². The third-order valence-electron chi connectivity index (χ3n) is 3.83. The van der Waals surface area contributed by atoms with E-state index in [-0.39, 0.29) is 16.2 Å². The van der Waals surface area contributed by atoms with Gasteiger partial charge in [-0.2, -0.15) is 0 Å². The van der Waals surface area contributed by atoms with Crippen molar-refractivity contribution in [3.63, 3.8) is 0 Å². The van der Waals surface area contributed by atoms with Crippen molar-refractivity contribution in [3.05, 3.63) is 33.9 Å². The molecule has 1 atom stereocenters. The summed E-state index contributed by atoms with van der Waals surface area (Å²) >= 11 is 0. The molecule has 5 heteroatoms. The summed E-state index contributed by atoms with van der Waals surface area (Å²) in [6.07, 6.45) is 0.954. The minimum atomic E-state index is -0.339. The number of aryl methyl sites for hydroxylation is 1. The van der Waals surface area contributed by atoms with Gasteiger partial charge in [-0.15, -0.1) is 0 Å². The number of hydrogen-bond acceptors (Lipinski definition) is 4. The predicted molar refractivity (Wildman–Crippen MR) is 74.7 cm³/mol. The molecule has 0 spiro atoms. The van der Waals surface area contributed by atoms with Crippen molar-refractivity contribution in [2.24, 2.45) is 0 Å². The molecule has 0 radical (unpaired) electrons. The SMILES string of the molecule is CCC1(C)CN(c2ccc([N+](=O)[O-])c(C)c2)CCO1. The van der Waals surface area contributed by atoms with Crippen LogP contribution in [0.5, 0.6) is 0 Å². The number of nitro groups is 1. The van der Waals surface area contributed by atoms with Crippen molar-refractivity contribution in [3.8, 4) is 0 Å². The summed E-state index contributed by atoms with van der Waals surface area (Å²) < 4.78 is 5.81. The molecule has 0 bridgehead atoms. The minimum Gasteiger partial charge on any atom is -0.372 e. The Balaban J connectivity index is 2.23. The van der Waals surface area contributed by atoms with Gasteiger partial charge in [0.05, 0.1) is 17.1 Å². The van der Waals surface area contributed by atoms with Gasteiger partial charge < -0.3 is 9.64 Å². The molecule has 1 unspecified atom stereocenters. The van der Waals surface area contributed by atoms with E-state index >= 15 is 0 Å². The zero-order valence-electron chi connectivity index (χ0n) is 11.7. The molecule has 5 nitrogen and oxygen atoms in total.